The van der Waals surface area contributed by atoms with Crippen LogP contribution in [0, 0.1) is 10.1 Å². The fourth-order valence-corrected chi connectivity index (χ4v) is 2.18. The number of nitrogens with one attached hydrogen (secondary N) is 2. The Morgan fingerprint density at radius 1 is 1.39 bits per heavy atom. The fourth-order valence-electron chi connectivity index (χ4n) is 2.18. The fraction of sp³-hybridized carbons (Fsp3) is 0.417. The van der Waals surface area contributed by atoms with Crippen LogP contribution in [0.5, 0.6) is 0 Å². The molecule has 0 radical (unpaired) electrons. The van der Waals surface area contributed by atoms with Crippen LogP contribution in [-0.4, -0.2) is 30.5 Å². The van der Waals surface area contributed by atoms with Gasteiger partial charge in [-0.15, -0.1) is 0 Å². The van der Waals surface area contributed by atoms with Crippen LogP contribution < -0.4 is 10.2 Å². The van der Waals surface area contributed by atoms with E-state index >= 15 is 0 Å². The number of non-ortho nitro benzene ring substituents is 1. The van der Waals surface area contributed by atoms with Crippen LogP contribution in [0.25, 0.3) is 0 Å². The minimum atomic E-state index is -0.471. The molecule has 0 aliphatic carbocycles. The molecule has 2 N–H and O–H groups in total. The van der Waals surface area contributed by atoms with Crippen molar-refractivity contribution in [3.63, 3.8) is 0 Å². The van der Waals surface area contributed by atoms with Gasteiger partial charge in [-0.1, -0.05) is 6.07 Å². The zero-order valence-corrected chi connectivity index (χ0v) is 10.0. The quantitative estimate of drug-likeness (QED) is 0.592. The maximum Gasteiger partial charge on any atom is 0.279 e. The molecule has 0 bridgehead atoms. The van der Waals surface area contributed by atoms with E-state index in [9.17, 15) is 14.9 Å². The van der Waals surface area contributed by atoms with Crippen molar-refractivity contribution >= 4 is 17.3 Å². The highest BCUT2D eigenvalue weighted by Crippen LogP contribution is 2.16. The normalized spacial score (nSPS) is 15.6. The molecule has 96 valence electrons. The van der Waals surface area contributed by atoms with Gasteiger partial charge in [0, 0.05) is 30.7 Å². The van der Waals surface area contributed by atoms with Crippen molar-refractivity contribution < 1.29 is 14.6 Å². The minimum absolute atomic E-state index is 0.0127. The molecule has 0 saturated carbocycles. The lowest BCUT2D eigenvalue weighted by Gasteiger charge is -2.11. The third kappa shape index (κ3) is 3.27. The first-order valence-electron chi connectivity index (χ1n) is 6.03. The van der Waals surface area contributed by atoms with Gasteiger partial charge in [-0.3, -0.25) is 14.9 Å². The van der Waals surface area contributed by atoms with Crippen LogP contribution in [0.2, 0.25) is 0 Å². The van der Waals surface area contributed by atoms with Gasteiger partial charge >= 0.3 is 0 Å². The molecule has 2 rings (SSSR count). The maximum absolute atomic E-state index is 11.7. The standard InChI is InChI=1S/C12H15N3O3/c16-12(9-14-6-1-2-7-14)13-10-4-3-5-11(8-10)15(17)18/h3-5,8H,1-2,6-7,9H2,(H,13,16)/p+1. The van der Waals surface area contributed by atoms with Gasteiger partial charge in [-0.05, 0) is 6.07 Å². The number of carbonyl (C=O) groups excluding carboxylic acids is 1. The van der Waals surface area contributed by atoms with Crippen LogP contribution in [0.4, 0.5) is 11.4 Å². The Hall–Kier alpha value is -1.95. The molecule has 0 unspecified atom stereocenters. The number of carbonyl (C=O) groups is 1. The summed E-state index contributed by atoms with van der Waals surface area (Å²) in [4.78, 5) is 23.2. The number of rotatable bonds is 4. The smallest absolute Gasteiger partial charge is 0.279 e. The van der Waals surface area contributed by atoms with E-state index in [1.807, 2.05) is 0 Å². The number of nitro benzene ring substituents is 1. The van der Waals surface area contributed by atoms with Crippen molar-refractivity contribution in [3.05, 3.63) is 34.4 Å². The molecule has 1 heterocycles. The monoisotopic (exact) mass is 250 g/mol. The van der Waals surface area contributed by atoms with E-state index < -0.39 is 4.92 Å². The summed E-state index contributed by atoms with van der Waals surface area (Å²) >= 11 is 0. The Bertz CT molecular complexity index is 456. The van der Waals surface area contributed by atoms with Gasteiger partial charge in [0.05, 0.1) is 18.0 Å². The Kier molecular flexibility index (Phi) is 3.88. The van der Waals surface area contributed by atoms with Gasteiger partial charge in [0.1, 0.15) is 0 Å². The third-order valence-corrected chi connectivity index (χ3v) is 3.06. The van der Waals surface area contributed by atoms with Gasteiger partial charge < -0.3 is 10.2 Å². The van der Waals surface area contributed by atoms with Gasteiger partial charge in [0.25, 0.3) is 11.6 Å². The zero-order valence-electron chi connectivity index (χ0n) is 10.0. The van der Waals surface area contributed by atoms with Gasteiger partial charge in [0.15, 0.2) is 6.54 Å². The number of nitro groups is 1. The first-order chi connectivity index (χ1) is 8.65. The number of quaternary nitrogens is 1. The molecule has 1 amide bonds. The Labute approximate surface area is 105 Å². The number of hydrogen-bond donors (Lipinski definition) is 2. The van der Waals surface area contributed by atoms with Crippen LogP contribution in [0.3, 0.4) is 0 Å². The maximum atomic E-state index is 11.7. The third-order valence-electron chi connectivity index (χ3n) is 3.06. The second-order valence-corrected chi connectivity index (χ2v) is 4.49. The molecule has 0 spiro atoms. The number of nitrogens with zero attached hydrogens (tertiary/aromatic N) is 1. The van der Waals surface area contributed by atoms with Crippen molar-refractivity contribution in [2.24, 2.45) is 0 Å². The lowest BCUT2D eigenvalue weighted by molar-refractivity contribution is -0.878. The van der Waals surface area contributed by atoms with E-state index in [-0.39, 0.29) is 11.6 Å². The second kappa shape index (κ2) is 5.59. The van der Waals surface area contributed by atoms with Gasteiger partial charge in [-0.25, -0.2) is 0 Å². The molecule has 1 aliphatic rings. The lowest BCUT2D eigenvalue weighted by atomic mass is 10.3. The minimum Gasteiger partial charge on any atom is -0.327 e. The highest BCUT2D eigenvalue weighted by atomic mass is 16.6. The first kappa shape index (κ1) is 12.5. The number of hydrogen-bond acceptors (Lipinski definition) is 3. The van der Waals surface area contributed by atoms with E-state index in [1.165, 1.54) is 29.9 Å². The molecule has 1 fully saturated rings. The summed E-state index contributed by atoms with van der Waals surface area (Å²) < 4.78 is 0. The van der Waals surface area contributed by atoms with E-state index in [1.54, 1.807) is 12.1 Å². The molecule has 6 heteroatoms. The summed E-state index contributed by atoms with van der Waals surface area (Å²) in [6.07, 6.45) is 2.33. The summed E-state index contributed by atoms with van der Waals surface area (Å²) in [5.41, 5.74) is 0.467. The average molecular weight is 250 g/mol. The number of benzene rings is 1. The molecule has 6 nitrogen and oxygen atoms in total. The molecule has 1 aromatic rings. The first-order valence-corrected chi connectivity index (χ1v) is 6.03. The molecular weight excluding hydrogens is 234 g/mol. The predicted molar refractivity (Wildman–Crippen MR) is 66.5 cm³/mol. The van der Waals surface area contributed by atoms with Crippen LogP contribution in [0.15, 0.2) is 24.3 Å². The van der Waals surface area contributed by atoms with Crippen LogP contribution >= 0.6 is 0 Å². The molecular formula is C12H16N3O3+. The molecule has 0 atom stereocenters. The van der Waals surface area contributed by atoms with E-state index in [0.717, 1.165) is 13.1 Å². The van der Waals surface area contributed by atoms with Crippen molar-refractivity contribution in [1.82, 2.24) is 0 Å². The summed E-state index contributed by atoms with van der Waals surface area (Å²) in [5.74, 6) is -0.0904. The highest BCUT2D eigenvalue weighted by Gasteiger charge is 2.19. The summed E-state index contributed by atoms with van der Waals surface area (Å²) in [7, 11) is 0. The topological polar surface area (TPSA) is 76.7 Å². The second-order valence-electron chi connectivity index (χ2n) is 4.49. The number of likely N-dealkylation sites (tertiary alicyclic amines) is 1. The molecule has 0 aromatic heterocycles. The SMILES string of the molecule is O=C(C[NH+]1CCCC1)Nc1cccc([N+](=O)[O-])c1. The van der Waals surface area contributed by atoms with Crippen LogP contribution in [-0.2, 0) is 4.79 Å². The zero-order chi connectivity index (χ0) is 13.0. The van der Waals surface area contributed by atoms with E-state index in [2.05, 4.69) is 5.32 Å². The predicted octanol–water partition coefficient (Wildman–Crippen LogP) is 0.212. The van der Waals surface area contributed by atoms with E-state index in [4.69, 9.17) is 0 Å². The molecule has 18 heavy (non-hydrogen) atoms. The van der Waals surface area contributed by atoms with E-state index in [0.29, 0.717) is 12.2 Å². The lowest BCUT2D eigenvalue weighted by Crippen LogP contribution is -3.11. The number of anilines is 1. The summed E-state index contributed by atoms with van der Waals surface area (Å²) in [5, 5.41) is 13.3. The largest absolute Gasteiger partial charge is 0.327 e. The van der Waals surface area contributed by atoms with Gasteiger partial charge in [0.2, 0.25) is 0 Å². The Morgan fingerprint density at radius 3 is 2.78 bits per heavy atom. The summed E-state index contributed by atoms with van der Waals surface area (Å²) in [6, 6.07) is 6.00. The van der Waals surface area contributed by atoms with Crippen molar-refractivity contribution in [3.8, 4) is 0 Å². The number of amides is 1. The Balaban J connectivity index is 1.93. The van der Waals surface area contributed by atoms with Crippen LogP contribution in [0.1, 0.15) is 12.8 Å². The molecule has 1 saturated heterocycles. The average Bonchev–Trinajstić information content (AvgIpc) is 2.82. The Morgan fingerprint density at radius 2 is 2.11 bits per heavy atom. The van der Waals surface area contributed by atoms with Gasteiger partial charge in [-0.2, -0.15) is 0 Å². The summed E-state index contributed by atoms with van der Waals surface area (Å²) in [6.45, 7) is 2.49. The van der Waals surface area contributed by atoms with Crippen molar-refractivity contribution in [2.45, 2.75) is 12.8 Å². The van der Waals surface area contributed by atoms with Crippen molar-refractivity contribution in [1.29, 1.82) is 0 Å². The van der Waals surface area contributed by atoms with Crippen molar-refractivity contribution in [2.75, 3.05) is 25.0 Å². The molecule has 1 aliphatic heterocycles. The highest BCUT2D eigenvalue weighted by molar-refractivity contribution is 5.91. The molecule has 1 aromatic carbocycles.